The minimum absolute atomic E-state index is 0.00101. The summed E-state index contributed by atoms with van der Waals surface area (Å²) >= 11 is 6.12. The van der Waals surface area contributed by atoms with E-state index in [0.717, 1.165) is 0 Å². The van der Waals surface area contributed by atoms with Gasteiger partial charge in [0.15, 0.2) is 0 Å². The van der Waals surface area contributed by atoms with Crippen LogP contribution in [0.1, 0.15) is 6.92 Å². The van der Waals surface area contributed by atoms with Gasteiger partial charge >= 0.3 is 0 Å². The number of anilines is 1. The van der Waals surface area contributed by atoms with E-state index < -0.39 is 9.84 Å². The van der Waals surface area contributed by atoms with Crippen molar-refractivity contribution in [3.8, 4) is 0 Å². The smallest absolute Gasteiger partial charge is 0.239 e. The zero-order chi connectivity index (χ0) is 21.4. The van der Waals surface area contributed by atoms with Crippen LogP contribution in [-0.4, -0.2) is 45.6 Å². The molecular weight excluding hydrogens is 426 g/mol. The lowest BCUT2D eigenvalue weighted by Crippen LogP contribution is -2.48. The van der Waals surface area contributed by atoms with Crippen LogP contribution >= 0.6 is 11.6 Å². The molecule has 9 heteroatoms. The zero-order valence-corrected chi connectivity index (χ0v) is 17.9. The number of amides is 1. The van der Waals surface area contributed by atoms with Gasteiger partial charge in [0.1, 0.15) is 10.7 Å². The van der Waals surface area contributed by atoms with Crippen molar-refractivity contribution in [1.82, 2.24) is 10.3 Å². The Bertz CT molecular complexity index is 1190. The number of aromatic nitrogens is 1. The average molecular weight is 448 g/mol. The molecular formula is C21H22ClN3O4S. The largest absolute Gasteiger partial charge is 0.380 e. The highest BCUT2D eigenvalue weighted by Crippen LogP contribution is 2.36. The predicted molar refractivity (Wildman–Crippen MR) is 116 cm³/mol. The monoisotopic (exact) mass is 447 g/mol. The molecule has 4 rings (SSSR count). The van der Waals surface area contributed by atoms with Gasteiger partial charge < -0.3 is 20.4 Å². The predicted octanol–water partition coefficient (Wildman–Crippen LogP) is 3.22. The maximum atomic E-state index is 13.4. The fraction of sp³-hybridized carbons (Fsp3) is 0.286. The van der Waals surface area contributed by atoms with Crippen molar-refractivity contribution < 1.29 is 17.9 Å². The van der Waals surface area contributed by atoms with Crippen LogP contribution in [0.4, 0.5) is 5.82 Å². The Hall–Kier alpha value is -2.39. The molecule has 158 valence electrons. The lowest BCUT2D eigenvalue weighted by atomic mass is 9.89. The highest BCUT2D eigenvalue weighted by molar-refractivity contribution is 7.92. The Kier molecular flexibility index (Phi) is 5.59. The highest BCUT2D eigenvalue weighted by Gasteiger charge is 2.33. The van der Waals surface area contributed by atoms with E-state index in [1.807, 2.05) is 0 Å². The van der Waals surface area contributed by atoms with Crippen molar-refractivity contribution in [2.45, 2.75) is 16.7 Å². The van der Waals surface area contributed by atoms with Crippen LogP contribution in [-0.2, 0) is 19.4 Å². The van der Waals surface area contributed by atoms with E-state index in [-0.39, 0.29) is 33.5 Å². The number of hydrogen-bond acceptors (Lipinski definition) is 5. The molecule has 0 atom stereocenters. The van der Waals surface area contributed by atoms with Gasteiger partial charge in [0.05, 0.1) is 24.7 Å². The van der Waals surface area contributed by atoms with E-state index in [1.165, 1.54) is 12.1 Å². The molecule has 0 radical (unpaired) electrons. The van der Waals surface area contributed by atoms with Crippen LogP contribution in [0.15, 0.2) is 58.3 Å². The Morgan fingerprint density at radius 2 is 1.93 bits per heavy atom. The zero-order valence-electron chi connectivity index (χ0n) is 16.4. The standard InChI is InChI=1S/C21H22ClN3O4S/c1-21(12-29-13-21)11-23-10-18(26)25-20-19(16-9-14(22)7-8-17(16)24-20)30(27,28)15-5-3-2-4-6-15/h2-9,23-24H,10-13H2,1H3,(H,25,26). The van der Waals surface area contributed by atoms with E-state index in [1.54, 1.807) is 36.4 Å². The SMILES string of the molecule is CC1(CNCC(=O)Nc2[nH]c3ccc(Cl)cc3c2S(=O)(=O)c2ccccc2)COC1. The molecule has 1 aliphatic rings. The first-order chi connectivity index (χ1) is 14.3. The number of nitrogens with one attached hydrogen (secondary N) is 3. The lowest BCUT2D eigenvalue weighted by Gasteiger charge is -2.38. The summed E-state index contributed by atoms with van der Waals surface area (Å²) in [5, 5.41) is 6.64. The second-order valence-corrected chi connectivity index (χ2v) is 10.1. The van der Waals surface area contributed by atoms with Gasteiger partial charge in [-0.15, -0.1) is 0 Å². The molecule has 1 fully saturated rings. The summed E-state index contributed by atoms with van der Waals surface area (Å²) in [7, 11) is -3.90. The Balaban J connectivity index is 1.64. The van der Waals surface area contributed by atoms with Crippen molar-refractivity contribution in [2.24, 2.45) is 5.41 Å². The third-order valence-corrected chi connectivity index (χ3v) is 7.13. The van der Waals surface area contributed by atoms with Crippen molar-refractivity contribution in [3.63, 3.8) is 0 Å². The number of carbonyl (C=O) groups is 1. The topological polar surface area (TPSA) is 100 Å². The third kappa shape index (κ3) is 4.09. The summed E-state index contributed by atoms with van der Waals surface area (Å²) in [6.45, 7) is 4.08. The number of rotatable bonds is 7. The van der Waals surface area contributed by atoms with Crippen LogP contribution in [0.25, 0.3) is 10.9 Å². The van der Waals surface area contributed by atoms with E-state index in [4.69, 9.17) is 16.3 Å². The molecule has 7 nitrogen and oxygen atoms in total. The summed E-state index contributed by atoms with van der Waals surface area (Å²) < 4.78 is 31.9. The van der Waals surface area contributed by atoms with Crippen molar-refractivity contribution >= 4 is 44.1 Å². The maximum Gasteiger partial charge on any atom is 0.239 e. The minimum atomic E-state index is -3.90. The molecule has 2 aromatic carbocycles. The van der Waals surface area contributed by atoms with Gasteiger partial charge in [-0.2, -0.15) is 0 Å². The van der Waals surface area contributed by atoms with E-state index in [9.17, 15) is 13.2 Å². The molecule has 0 bridgehead atoms. The summed E-state index contributed by atoms with van der Waals surface area (Å²) in [5.74, 6) is -0.220. The number of aromatic amines is 1. The van der Waals surface area contributed by atoms with Crippen LogP contribution in [0, 0.1) is 5.41 Å². The maximum absolute atomic E-state index is 13.4. The first-order valence-corrected chi connectivity index (χ1v) is 11.3. The molecule has 3 N–H and O–H groups in total. The van der Waals surface area contributed by atoms with Crippen molar-refractivity contribution in [2.75, 3.05) is 31.6 Å². The summed E-state index contributed by atoms with van der Waals surface area (Å²) in [4.78, 5) is 15.7. The normalized spacial score (nSPS) is 15.7. The average Bonchev–Trinajstić information content (AvgIpc) is 3.04. The fourth-order valence-corrected chi connectivity index (χ4v) is 5.19. The van der Waals surface area contributed by atoms with Gasteiger partial charge in [0, 0.05) is 27.9 Å². The molecule has 0 unspecified atom stereocenters. The summed E-state index contributed by atoms with van der Waals surface area (Å²) in [5.41, 5.74) is 0.594. The van der Waals surface area contributed by atoms with Crippen LogP contribution in [0.2, 0.25) is 5.02 Å². The molecule has 30 heavy (non-hydrogen) atoms. The number of halogens is 1. The van der Waals surface area contributed by atoms with Crippen LogP contribution in [0.3, 0.4) is 0 Å². The second-order valence-electron chi connectivity index (χ2n) is 7.79. The Morgan fingerprint density at radius 3 is 2.60 bits per heavy atom. The molecule has 1 saturated heterocycles. The Morgan fingerprint density at radius 1 is 1.20 bits per heavy atom. The molecule has 1 aromatic heterocycles. The molecule has 1 aliphatic heterocycles. The van der Waals surface area contributed by atoms with Gasteiger partial charge in [-0.25, -0.2) is 8.42 Å². The molecule has 0 spiro atoms. The molecule has 3 aromatic rings. The van der Waals surface area contributed by atoms with Crippen molar-refractivity contribution in [1.29, 1.82) is 0 Å². The van der Waals surface area contributed by atoms with Gasteiger partial charge in [-0.1, -0.05) is 36.7 Å². The van der Waals surface area contributed by atoms with Crippen LogP contribution < -0.4 is 10.6 Å². The van der Waals surface area contributed by atoms with Crippen LogP contribution in [0.5, 0.6) is 0 Å². The number of benzene rings is 2. The van der Waals surface area contributed by atoms with Gasteiger partial charge in [0.2, 0.25) is 15.7 Å². The molecule has 0 aliphatic carbocycles. The first kappa shape index (κ1) is 20.9. The minimum Gasteiger partial charge on any atom is -0.380 e. The van der Waals surface area contributed by atoms with E-state index in [0.29, 0.717) is 35.7 Å². The second kappa shape index (κ2) is 8.03. The third-order valence-electron chi connectivity index (χ3n) is 5.04. The Labute approximate surface area is 179 Å². The van der Waals surface area contributed by atoms with E-state index in [2.05, 4.69) is 22.5 Å². The van der Waals surface area contributed by atoms with E-state index >= 15 is 0 Å². The number of sulfone groups is 1. The number of ether oxygens (including phenoxy) is 1. The van der Waals surface area contributed by atoms with Gasteiger partial charge in [-0.3, -0.25) is 4.79 Å². The lowest BCUT2D eigenvalue weighted by molar-refractivity contribution is -0.117. The number of carbonyl (C=O) groups excluding carboxylic acids is 1. The molecule has 2 heterocycles. The fourth-order valence-electron chi connectivity index (χ4n) is 3.44. The quantitative estimate of drug-likeness (QED) is 0.516. The summed E-state index contributed by atoms with van der Waals surface area (Å²) in [6, 6.07) is 13.0. The molecule has 1 amide bonds. The molecule has 0 saturated carbocycles. The van der Waals surface area contributed by atoms with Crippen molar-refractivity contribution in [3.05, 3.63) is 53.6 Å². The van der Waals surface area contributed by atoms with Gasteiger partial charge in [-0.05, 0) is 30.3 Å². The summed E-state index contributed by atoms with van der Waals surface area (Å²) in [6.07, 6.45) is 0. The number of H-pyrrole nitrogens is 1. The number of fused-ring (bicyclic) bond motifs is 1. The van der Waals surface area contributed by atoms with Gasteiger partial charge in [0.25, 0.3) is 0 Å². The number of hydrogen-bond donors (Lipinski definition) is 3. The highest BCUT2D eigenvalue weighted by atomic mass is 35.5. The first-order valence-electron chi connectivity index (χ1n) is 9.48.